The van der Waals surface area contributed by atoms with Crippen molar-refractivity contribution in [1.82, 2.24) is 10.2 Å². The number of benzene rings is 4. The predicted octanol–water partition coefficient (Wildman–Crippen LogP) is 6.93. The molecule has 0 fully saturated rings. The first-order valence-corrected chi connectivity index (χ1v) is 16.5. The molecule has 7 nitrogen and oxygen atoms in total. The summed E-state index contributed by atoms with van der Waals surface area (Å²) >= 11 is 18.7. The van der Waals surface area contributed by atoms with Crippen LogP contribution >= 0.6 is 34.8 Å². The zero-order valence-electron chi connectivity index (χ0n) is 24.2. The standard InChI is InChI=1S/C33H32Cl3N3O4S/c1-3-37-33(41)31(17-24-7-5-4-6-8-24)38(21-25-11-13-26(34)14-12-25)32(40)22-39(29-19-27(35)18-28(36)20-29)44(42,43)30-15-9-23(2)10-16-30/h4-16,18-20,31H,3,17,21-22H2,1-2H3,(H,37,41). The molecule has 4 aromatic carbocycles. The van der Waals surface area contributed by atoms with Gasteiger partial charge in [-0.15, -0.1) is 0 Å². The van der Waals surface area contributed by atoms with E-state index in [1.165, 1.54) is 35.2 Å². The highest BCUT2D eigenvalue weighted by Crippen LogP contribution is 2.30. The predicted molar refractivity (Wildman–Crippen MR) is 177 cm³/mol. The van der Waals surface area contributed by atoms with Crippen LogP contribution in [0.4, 0.5) is 5.69 Å². The molecule has 1 N–H and O–H groups in total. The molecule has 230 valence electrons. The fraction of sp³-hybridized carbons (Fsp3) is 0.212. The number of carbonyl (C=O) groups is 2. The zero-order valence-corrected chi connectivity index (χ0v) is 27.3. The number of hydrogen-bond donors (Lipinski definition) is 1. The van der Waals surface area contributed by atoms with Crippen LogP contribution in [0.3, 0.4) is 0 Å². The lowest BCUT2D eigenvalue weighted by atomic mass is 10.0. The first kappa shape index (κ1) is 33.3. The van der Waals surface area contributed by atoms with Crippen molar-refractivity contribution < 1.29 is 18.0 Å². The number of nitrogens with one attached hydrogen (secondary N) is 1. The molecule has 11 heteroatoms. The van der Waals surface area contributed by atoms with Crippen LogP contribution in [-0.2, 0) is 32.6 Å². The highest BCUT2D eigenvalue weighted by Gasteiger charge is 2.34. The van der Waals surface area contributed by atoms with E-state index < -0.39 is 28.5 Å². The summed E-state index contributed by atoms with van der Waals surface area (Å²) in [5.41, 5.74) is 2.53. The summed E-state index contributed by atoms with van der Waals surface area (Å²) in [5.74, 6) is -0.962. The minimum atomic E-state index is -4.28. The van der Waals surface area contributed by atoms with E-state index in [1.807, 2.05) is 37.3 Å². The van der Waals surface area contributed by atoms with Crippen molar-refractivity contribution in [2.24, 2.45) is 0 Å². The Labute approximate surface area is 273 Å². The van der Waals surface area contributed by atoms with Gasteiger partial charge in [-0.3, -0.25) is 13.9 Å². The molecule has 0 aliphatic rings. The van der Waals surface area contributed by atoms with Gasteiger partial charge in [-0.05, 0) is 67.4 Å². The average molecular weight is 673 g/mol. The number of anilines is 1. The van der Waals surface area contributed by atoms with Crippen LogP contribution in [-0.4, -0.2) is 44.3 Å². The second-order valence-electron chi connectivity index (χ2n) is 10.2. The largest absolute Gasteiger partial charge is 0.355 e. The van der Waals surface area contributed by atoms with Crippen LogP contribution in [0.1, 0.15) is 23.6 Å². The van der Waals surface area contributed by atoms with Crippen LogP contribution in [0, 0.1) is 6.92 Å². The molecule has 0 aliphatic heterocycles. The molecular formula is C33H32Cl3N3O4S. The normalized spacial score (nSPS) is 11.9. The lowest BCUT2D eigenvalue weighted by Crippen LogP contribution is -2.53. The maximum atomic E-state index is 14.4. The van der Waals surface area contributed by atoms with Crippen molar-refractivity contribution in [3.05, 3.63) is 129 Å². The summed E-state index contributed by atoms with van der Waals surface area (Å²) < 4.78 is 29.2. The van der Waals surface area contributed by atoms with Crippen LogP contribution in [0.25, 0.3) is 0 Å². The first-order chi connectivity index (χ1) is 21.0. The Kier molecular flexibility index (Phi) is 11.3. The summed E-state index contributed by atoms with van der Waals surface area (Å²) in [6.45, 7) is 3.39. The first-order valence-electron chi connectivity index (χ1n) is 13.9. The number of nitrogens with zero attached hydrogens (tertiary/aromatic N) is 2. The molecule has 0 heterocycles. The van der Waals surface area contributed by atoms with Crippen molar-refractivity contribution in [3.8, 4) is 0 Å². The van der Waals surface area contributed by atoms with E-state index in [2.05, 4.69) is 5.32 Å². The number of rotatable bonds is 12. The van der Waals surface area contributed by atoms with Gasteiger partial charge < -0.3 is 10.2 Å². The molecule has 4 aromatic rings. The minimum Gasteiger partial charge on any atom is -0.355 e. The summed E-state index contributed by atoms with van der Waals surface area (Å²) in [6, 6.07) is 25.9. The zero-order chi connectivity index (χ0) is 31.9. The summed E-state index contributed by atoms with van der Waals surface area (Å²) in [5, 5.41) is 3.76. The van der Waals surface area contributed by atoms with Gasteiger partial charge >= 0.3 is 0 Å². The van der Waals surface area contributed by atoms with Crippen LogP contribution in [0.2, 0.25) is 15.1 Å². The third kappa shape index (κ3) is 8.54. The fourth-order valence-corrected chi connectivity index (χ4v) is 6.72. The van der Waals surface area contributed by atoms with Gasteiger partial charge in [0.15, 0.2) is 0 Å². The number of aryl methyl sites for hydroxylation is 1. The maximum absolute atomic E-state index is 14.4. The number of halogens is 3. The quantitative estimate of drug-likeness (QED) is 0.177. The van der Waals surface area contributed by atoms with Gasteiger partial charge in [0.2, 0.25) is 11.8 Å². The number of amides is 2. The van der Waals surface area contributed by atoms with Crippen molar-refractivity contribution >= 4 is 62.3 Å². The van der Waals surface area contributed by atoms with Gasteiger partial charge in [0, 0.05) is 34.6 Å². The summed E-state index contributed by atoms with van der Waals surface area (Å²) in [7, 11) is -4.28. The molecule has 0 saturated carbocycles. The fourth-order valence-electron chi connectivity index (χ4n) is 4.68. The van der Waals surface area contributed by atoms with E-state index >= 15 is 0 Å². The number of hydrogen-bond acceptors (Lipinski definition) is 4. The monoisotopic (exact) mass is 671 g/mol. The molecule has 0 spiro atoms. The highest BCUT2D eigenvalue weighted by atomic mass is 35.5. The van der Waals surface area contributed by atoms with Crippen molar-refractivity contribution in [1.29, 1.82) is 0 Å². The van der Waals surface area contributed by atoms with Crippen molar-refractivity contribution in [3.63, 3.8) is 0 Å². The van der Waals surface area contributed by atoms with Gasteiger partial charge in [-0.25, -0.2) is 8.42 Å². The second-order valence-corrected chi connectivity index (χ2v) is 13.4. The van der Waals surface area contributed by atoms with E-state index in [0.717, 1.165) is 15.4 Å². The Hall–Kier alpha value is -3.56. The molecule has 4 rings (SSSR count). The van der Waals surface area contributed by atoms with E-state index in [0.29, 0.717) is 17.1 Å². The lowest BCUT2D eigenvalue weighted by molar-refractivity contribution is -0.140. The third-order valence-electron chi connectivity index (χ3n) is 6.91. The molecule has 1 atom stereocenters. The van der Waals surface area contributed by atoms with Gasteiger partial charge in [-0.1, -0.05) is 95.0 Å². The molecule has 0 bridgehead atoms. The van der Waals surface area contributed by atoms with E-state index in [1.54, 1.807) is 43.3 Å². The molecule has 0 aliphatic carbocycles. The van der Waals surface area contributed by atoms with Crippen LogP contribution in [0.15, 0.2) is 102 Å². The second kappa shape index (κ2) is 14.9. The summed E-state index contributed by atoms with van der Waals surface area (Å²) in [6.07, 6.45) is 0.208. The average Bonchev–Trinajstić information content (AvgIpc) is 2.98. The van der Waals surface area contributed by atoms with Gasteiger partial charge in [-0.2, -0.15) is 0 Å². The molecule has 0 saturated heterocycles. The number of sulfonamides is 1. The van der Waals surface area contributed by atoms with Crippen molar-refractivity contribution in [2.45, 2.75) is 37.8 Å². The van der Waals surface area contributed by atoms with Crippen LogP contribution < -0.4 is 9.62 Å². The molecule has 0 aromatic heterocycles. The Morgan fingerprint density at radius 2 is 1.41 bits per heavy atom. The van der Waals surface area contributed by atoms with Crippen molar-refractivity contribution in [2.75, 3.05) is 17.4 Å². The van der Waals surface area contributed by atoms with Gasteiger partial charge in [0.25, 0.3) is 10.0 Å². The lowest BCUT2D eigenvalue weighted by Gasteiger charge is -2.34. The van der Waals surface area contributed by atoms with Gasteiger partial charge in [0.05, 0.1) is 10.6 Å². The van der Waals surface area contributed by atoms with Crippen LogP contribution in [0.5, 0.6) is 0 Å². The van der Waals surface area contributed by atoms with E-state index in [9.17, 15) is 18.0 Å². The van der Waals surface area contributed by atoms with Gasteiger partial charge in [0.1, 0.15) is 12.6 Å². The molecule has 2 amide bonds. The molecule has 1 unspecified atom stereocenters. The minimum absolute atomic E-state index is 0.0131. The highest BCUT2D eigenvalue weighted by molar-refractivity contribution is 7.92. The topological polar surface area (TPSA) is 86.8 Å². The maximum Gasteiger partial charge on any atom is 0.264 e. The molecule has 44 heavy (non-hydrogen) atoms. The van der Waals surface area contributed by atoms with E-state index in [-0.39, 0.29) is 39.5 Å². The molecular weight excluding hydrogens is 641 g/mol. The SMILES string of the molecule is CCNC(=O)C(Cc1ccccc1)N(Cc1ccc(Cl)cc1)C(=O)CN(c1cc(Cl)cc(Cl)c1)S(=O)(=O)c1ccc(C)cc1. The Morgan fingerprint density at radius 1 is 0.795 bits per heavy atom. The Bertz CT molecular complexity index is 1680. The number of likely N-dealkylation sites (N-methyl/N-ethyl adjacent to an activating group) is 1. The Balaban J connectivity index is 1.81. The molecule has 0 radical (unpaired) electrons. The smallest absolute Gasteiger partial charge is 0.264 e. The third-order valence-corrected chi connectivity index (χ3v) is 9.39. The van der Waals surface area contributed by atoms with E-state index in [4.69, 9.17) is 34.8 Å². The summed E-state index contributed by atoms with van der Waals surface area (Å²) in [4.78, 5) is 29.3. The Morgan fingerprint density at radius 3 is 2.00 bits per heavy atom. The number of carbonyl (C=O) groups excluding carboxylic acids is 2.